The Kier molecular flexibility index (Phi) is 4.73. The van der Waals surface area contributed by atoms with Crippen molar-refractivity contribution >= 4 is 23.1 Å². The summed E-state index contributed by atoms with van der Waals surface area (Å²) in [6.45, 7) is 0. The fourth-order valence-corrected chi connectivity index (χ4v) is 4.30. The molecule has 1 unspecified atom stereocenters. The zero-order valence-electron chi connectivity index (χ0n) is 17.8. The SMILES string of the molecule is CN(C)c1ccc(-c2nc3n(n2)C(c2cccc([N+](=O)[O-])c2)C2=C(CCCC2=O)N3)cc1. The smallest absolute Gasteiger partial charge is 0.269 e. The highest BCUT2D eigenvalue weighted by Crippen LogP contribution is 2.41. The Hall–Kier alpha value is -4.01. The molecule has 32 heavy (non-hydrogen) atoms. The van der Waals surface area contributed by atoms with Gasteiger partial charge in [0.1, 0.15) is 6.04 Å². The van der Waals surface area contributed by atoms with Crippen molar-refractivity contribution in [2.24, 2.45) is 0 Å². The molecule has 3 aromatic rings. The van der Waals surface area contributed by atoms with E-state index in [9.17, 15) is 14.9 Å². The number of nitrogens with one attached hydrogen (secondary N) is 1. The minimum absolute atomic E-state index is 0.0207. The minimum Gasteiger partial charge on any atom is -0.378 e. The van der Waals surface area contributed by atoms with E-state index in [4.69, 9.17) is 10.1 Å². The van der Waals surface area contributed by atoms with Crippen LogP contribution >= 0.6 is 0 Å². The molecular weight excluding hydrogens is 408 g/mol. The average molecular weight is 430 g/mol. The molecule has 0 spiro atoms. The summed E-state index contributed by atoms with van der Waals surface area (Å²) in [6, 6.07) is 13.7. The van der Waals surface area contributed by atoms with E-state index in [2.05, 4.69) is 5.32 Å². The van der Waals surface area contributed by atoms with Gasteiger partial charge in [-0.15, -0.1) is 5.10 Å². The Labute approximate surface area is 184 Å². The van der Waals surface area contributed by atoms with Crippen LogP contribution in [-0.2, 0) is 4.79 Å². The molecule has 1 atom stereocenters. The molecule has 162 valence electrons. The summed E-state index contributed by atoms with van der Waals surface area (Å²) in [5.74, 6) is 1.09. The predicted molar refractivity (Wildman–Crippen MR) is 121 cm³/mol. The summed E-state index contributed by atoms with van der Waals surface area (Å²) in [4.78, 5) is 30.6. The fourth-order valence-electron chi connectivity index (χ4n) is 4.30. The summed E-state index contributed by atoms with van der Waals surface area (Å²) in [5.41, 5.74) is 3.97. The van der Waals surface area contributed by atoms with Crippen molar-refractivity contribution in [2.75, 3.05) is 24.3 Å². The van der Waals surface area contributed by atoms with Crippen molar-refractivity contribution in [3.8, 4) is 11.4 Å². The molecule has 2 aliphatic rings. The van der Waals surface area contributed by atoms with Crippen molar-refractivity contribution in [3.63, 3.8) is 0 Å². The van der Waals surface area contributed by atoms with Crippen molar-refractivity contribution in [2.45, 2.75) is 25.3 Å². The molecule has 0 saturated carbocycles. The molecule has 5 rings (SSSR count). The number of nitrogens with zero attached hydrogens (tertiary/aromatic N) is 5. The normalized spacial score (nSPS) is 17.4. The number of carbonyl (C=O) groups is 1. The second-order valence-electron chi connectivity index (χ2n) is 8.19. The molecule has 1 N–H and O–H groups in total. The number of hydrogen-bond acceptors (Lipinski definition) is 7. The van der Waals surface area contributed by atoms with Gasteiger partial charge in [-0.1, -0.05) is 12.1 Å². The van der Waals surface area contributed by atoms with Crippen LogP contribution in [-0.4, -0.2) is 39.6 Å². The highest BCUT2D eigenvalue weighted by Gasteiger charge is 2.37. The van der Waals surface area contributed by atoms with Gasteiger partial charge in [-0.3, -0.25) is 14.9 Å². The molecule has 0 amide bonds. The molecule has 2 aromatic carbocycles. The van der Waals surface area contributed by atoms with Crippen LogP contribution < -0.4 is 10.2 Å². The number of nitro groups is 1. The minimum atomic E-state index is -0.559. The van der Waals surface area contributed by atoms with E-state index in [1.165, 1.54) is 12.1 Å². The van der Waals surface area contributed by atoms with Crippen LogP contribution in [0.1, 0.15) is 30.9 Å². The van der Waals surface area contributed by atoms with Crippen LogP contribution in [0.4, 0.5) is 17.3 Å². The number of nitro benzene ring substituents is 1. The number of rotatable bonds is 4. The number of Topliss-reactive ketones (excluding diaryl/α,β-unsaturated/α-hetero) is 1. The van der Waals surface area contributed by atoms with Crippen LogP contribution in [0, 0.1) is 10.1 Å². The van der Waals surface area contributed by atoms with E-state index in [-0.39, 0.29) is 11.5 Å². The highest BCUT2D eigenvalue weighted by atomic mass is 16.6. The summed E-state index contributed by atoms with van der Waals surface area (Å²) in [6.07, 6.45) is 1.94. The van der Waals surface area contributed by atoms with Crippen molar-refractivity contribution < 1.29 is 9.72 Å². The lowest BCUT2D eigenvalue weighted by molar-refractivity contribution is -0.384. The van der Waals surface area contributed by atoms with Gasteiger partial charge >= 0.3 is 0 Å². The van der Waals surface area contributed by atoms with Crippen LogP contribution in [0.25, 0.3) is 11.4 Å². The quantitative estimate of drug-likeness (QED) is 0.493. The van der Waals surface area contributed by atoms with Crippen LogP contribution in [0.2, 0.25) is 0 Å². The van der Waals surface area contributed by atoms with E-state index in [1.807, 2.05) is 43.3 Å². The first-order valence-electron chi connectivity index (χ1n) is 10.4. The number of carbonyl (C=O) groups excluding carboxylic acids is 1. The topological polar surface area (TPSA) is 106 Å². The molecule has 1 aromatic heterocycles. The number of allylic oxidation sites excluding steroid dienone is 2. The highest BCUT2D eigenvalue weighted by molar-refractivity contribution is 5.99. The van der Waals surface area contributed by atoms with Crippen LogP contribution in [0.5, 0.6) is 0 Å². The second-order valence-corrected chi connectivity index (χ2v) is 8.19. The van der Waals surface area contributed by atoms with E-state index in [0.717, 1.165) is 29.8 Å². The zero-order chi connectivity index (χ0) is 22.4. The Bertz CT molecular complexity index is 1260. The molecular formula is C23H22N6O3. The van der Waals surface area contributed by atoms with Crippen LogP contribution in [0.3, 0.4) is 0 Å². The number of hydrogen-bond donors (Lipinski definition) is 1. The van der Waals surface area contributed by atoms with Gasteiger partial charge in [0.15, 0.2) is 11.6 Å². The molecule has 0 bridgehead atoms. The van der Waals surface area contributed by atoms with Gasteiger partial charge in [0.05, 0.1) is 4.92 Å². The molecule has 9 heteroatoms. The molecule has 0 fully saturated rings. The Morgan fingerprint density at radius 2 is 1.94 bits per heavy atom. The number of ketones is 1. The first-order chi connectivity index (χ1) is 15.4. The number of benzene rings is 2. The van der Waals surface area contributed by atoms with E-state index in [0.29, 0.717) is 29.3 Å². The Balaban J connectivity index is 1.63. The lowest BCUT2D eigenvalue weighted by atomic mass is 9.85. The fraction of sp³-hybridized carbons (Fsp3) is 0.261. The third-order valence-corrected chi connectivity index (χ3v) is 5.91. The van der Waals surface area contributed by atoms with E-state index in [1.54, 1.807) is 16.8 Å². The van der Waals surface area contributed by atoms with Crippen molar-refractivity contribution in [1.82, 2.24) is 14.8 Å². The number of anilines is 2. The van der Waals surface area contributed by atoms with Gasteiger partial charge in [0.25, 0.3) is 5.69 Å². The van der Waals surface area contributed by atoms with Gasteiger partial charge < -0.3 is 10.2 Å². The van der Waals surface area contributed by atoms with Gasteiger partial charge in [0, 0.05) is 55.2 Å². The lowest BCUT2D eigenvalue weighted by Gasteiger charge is -2.32. The third-order valence-electron chi connectivity index (χ3n) is 5.91. The maximum Gasteiger partial charge on any atom is 0.269 e. The predicted octanol–water partition coefficient (Wildman–Crippen LogP) is 3.94. The maximum atomic E-state index is 12.9. The largest absolute Gasteiger partial charge is 0.378 e. The summed E-state index contributed by atoms with van der Waals surface area (Å²) >= 11 is 0. The van der Waals surface area contributed by atoms with E-state index >= 15 is 0 Å². The monoisotopic (exact) mass is 430 g/mol. The standard InChI is InChI=1S/C23H22N6O3/c1-27(2)16-11-9-14(10-12-16)22-25-23-24-18-7-4-8-19(30)20(18)21(28(23)26-22)15-5-3-6-17(13-15)29(31)32/h3,5-6,9-13,21H,4,7-8H2,1-2H3,(H,24,25,26). The Morgan fingerprint density at radius 1 is 1.16 bits per heavy atom. The second kappa shape index (κ2) is 7.60. The van der Waals surface area contributed by atoms with Crippen molar-refractivity contribution in [1.29, 1.82) is 0 Å². The molecule has 2 heterocycles. The Morgan fingerprint density at radius 3 is 2.66 bits per heavy atom. The van der Waals surface area contributed by atoms with Gasteiger partial charge in [-0.2, -0.15) is 4.98 Å². The summed E-state index contributed by atoms with van der Waals surface area (Å²) in [7, 11) is 3.95. The molecule has 0 saturated heterocycles. The zero-order valence-corrected chi connectivity index (χ0v) is 17.8. The number of fused-ring (bicyclic) bond motifs is 1. The van der Waals surface area contributed by atoms with Crippen LogP contribution in [0.15, 0.2) is 59.8 Å². The number of aromatic nitrogens is 3. The summed E-state index contributed by atoms with van der Waals surface area (Å²) < 4.78 is 1.68. The molecule has 0 radical (unpaired) electrons. The maximum absolute atomic E-state index is 12.9. The van der Waals surface area contributed by atoms with Crippen molar-refractivity contribution in [3.05, 3.63) is 75.5 Å². The van der Waals surface area contributed by atoms with Gasteiger partial charge in [0.2, 0.25) is 5.95 Å². The van der Waals surface area contributed by atoms with E-state index < -0.39 is 11.0 Å². The van der Waals surface area contributed by atoms with Gasteiger partial charge in [-0.25, -0.2) is 4.68 Å². The average Bonchev–Trinajstić information content (AvgIpc) is 3.21. The molecule has 1 aliphatic heterocycles. The molecule has 1 aliphatic carbocycles. The lowest BCUT2D eigenvalue weighted by Crippen LogP contribution is -2.31. The first-order valence-corrected chi connectivity index (χ1v) is 10.4. The first kappa shape index (κ1) is 19.9. The molecule has 9 nitrogen and oxygen atoms in total. The number of non-ortho nitro benzene ring substituents is 1. The third kappa shape index (κ3) is 3.31. The summed E-state index contributed by atoms with van der Waals surface area (Å²) in [5, 5.41) is 19.4. The van der Waals surface area contributed by atoms with Gasteiger partial charge in [-0.05, 0) is 42.7 Å².